The largest absolute Gasteiger partial charge is 0.322 e. The molecule has 0 bridgehead atoms. The molecule has 4 rings (SSSR count). The third kappa shape index (κ3) is 3.21. The number of carbonyl (C=O) groups is 1. The monoisotopic (exact) mass is 335 g/mol. The summed E-state index contributed by atoms with van der Waals surface area (Å²) < 4.78 is 1.13. The summed E-state index contributed by atoms with van der Waals surface area (Å²) in [5.74, 6) is 0.510. The fraction of sp³-hybridized carbons (Fsp3) is 0.211. The van der Waals surface area contributed by atoms with Crippen molar-refractivity contribution in [3.63, 3.8) is 0 Å². The number of thiazole rings is 1. The summed E-state index contributed by atoms with van der Waals surface area (Å²) in [5.41, 5.74) is 3.85. The first-order valence-corrected chi connectivity index (χ1v) is 8.81. The van der Waals surface area contributed by atoms with Crippen molar-refractivity contribution >= 4 is 39.2 Å². The van der Waals surface area contributed by atoms with Crippen LogP contribution in [0.5, 0.6) is 0 Å². The van der Waals surface area contributed by atoms with Crippen molar-refractivity contribution < 1.29 is 4.79 Å². The smallest absolute Gasteiger partial charge is 0.248 e. The van der Waals surface area contributed by atoms with E-state index in [1.54, 1.807) is 29.8 Å². The van der Waals surface area contributed by atoms with E-state index in [2.05, 4.69) is 15.3 Å². The first-order valence-electron chi connectivity index (χ1n) is 7.99. The average molecular weight is 335 g/mol. The van der Waals surface area contributed by atoms with Crippen LogP contribution in [0.2, 0.25) is 0 Å². The van der Waals surface area contributed by atoms with E-state index in [1.807, 2.05) is 31.2 Å². The molecular formula is C19H17N3OS. The minimum atomic E-state index is -0.149. The second-order valence-electron chi connectivity index (χ2n) is 6.06. The highest BCUT2D eigenvalue weighted by Crippen LogP contribution is 2.43. The number of aryl methyl sites for hydroxylation is 1. The highest BCUT2D eigenvalue weighted by Gasteiger charge is 2.26. The fourth-order valence-corrected chi connectivity index (χ4v) is 3.70. The van der Waals surface area contributed by atoms with Crippen molar-refractivity contribution in [2.75, 3.05) is 5.32 Å². The van der Waals surface area contributed by atoms with Crippen LogP contribution in [0.1, 0.15) is 34.9 Å². The summed E-state index contributed by atoms with van der Waals surface area (Å²) >= 11 is 1.73. The lowest BCUT2D eigenvalue weighted by molar-refractivity contribution is -0.111. The molecule has 1 saturated carbocycles. The van der Waals surface area contributed by atoms with Gasteiger partial charge in [-0.1, -0.05) is 0 Å². The third-order valence-electron chi connectivity index (χ3n) is 4.09. The van der Waals surface area contributed by atoms with Crippen LogP contribution in [0.15, 0.2) is 42.7 Å². The Balaban J connectivity index is 1.49. The number of amides is 1. The summed E-state index contributed by atoms with van der Waals surface area (Å²) in [6, 6.07) is 7.80. The zero-order chi connectivity index (χ0) is 16.5. The van der Waals surface area contributed by atoms with Gasteiger partial charge < -0.3 is 5.32 Å². The van der Waals surface area contributed by atoms with Gasteiger partial charge in [0.1, 0.15) is 0 Å². The van der Waals surface area contributed by atoms with Crippen molar-refractivity contribution in [1.29, 1.82) is 0 Å². The van der Waals surface area contributed by atoms with Gasteiger partial charge in [-0.25, -0.2) is 4.98 Å². The van der Waals surface area contributed by atoms with E-state index in [0.717, 1.165) is 27.0 Å². The number of hydrogen-bond acceptors (Lipinski definition) is 4. The normalized spacial score (nSPS) is 14.4. The molecule has 120 valence electrons. The van der Waals surface area contributed by atoms with Crippen molar-refractivity contribution in [2.24, 2.45) is 0 Å². The lowest BCUT2D eigenvalue weighted by Gasteiger charge is -2.02. The van der Waals surface area contributed by atoms with Crippen molar-refractivity contribution in [3.8, 4) is 0 Å². The van der Waals surface area contributed by atoms with Gasteiger partial charge in [0.2, 0.25) is 5.91 Å². The highest BCUT2D eigenvalue weighted by molar-refractivity contribution is 7.18. The number of pyridine rings is 1. The number of fused-ring (bicyclic) bond motifs is 1. The number of carbonyl (C=O) groups excluding carboxylic acids is 1. The van der Waals surface area contributed by atoms with Gasteiger partial charge in [-0.3, -0.25) is 9.78 Å². The summed E-state index contributed by atoms with van der Waals surface area (Å²) in [6.45, 7) is 1.99. The predicted octanol–water partition coefficient (Wildman–Crippen LogP) is 4.53. The predicted molar refractivity (Wildman–Crippen MR) is 98.2 cm³/mol. The molecule has 5 heteroatoms. The van der Waals surface area contributed by atoms with Crippen LogP contribution < -0.4 is 5.32 Å². The summed E-state index contributed by atoms with van der Waals surface area (Å²) in [5, 5.41) is 4.13. The van der Waals surface area contributed by atoms with E-state index in [4.69, 9.17) is 0 Å². The van der Waals surface area contributed by atoms with Crippen molar-refractivity contribution in [1.82, 2.24) is 9.97 Å². The first kappa shape index (κ1) is 15.0. The number of aromatic nitrogens is 2. The van der Waals surface area contributed by atoms with Gasteiger partial charge in [0.25, 0.3) is 0 Å². The Morgan fingerprint density at radius 3 is 3.00 bits per heavy atom. The van der Waals surface area contributed by atoms with E-state index in [-0.39, 0.29) is 5.91 Å². The molecule has 0 unspecified atom stereocenters. The third-order valence-corrected chi connectivity index (χ3v) is 5.27. The summed E-state index contributed by atoms with van der Waals surface area (Å²) in [4.78, 5) is 20.9. The maximum absolute atomic E-state index is 12.1. The van der Waals surface area contributed by atoms with Crippen LogP contribution in [0, 0.1) is 6.92 Å². The van der Waals surface area contributed by atoms with Gasteiger partial charge in [-0.05, 0) is 61.2 Å². The zero-order valence-corrected chi connectivity index (χ0v) is 14.1. The first-order chi connectivity index (χ1) is 11.7. The molecule has 0 aliphatic heterocycles. The second-order valence-corrected chi connectivity index (χ2v) is 7.13. The standard InChI is InChI=1S/C19H17N3OS/c1-12-8-9-20-11-14(12)4-7-18(23)21-15-5-6-16-17(10-15)24-19(22-16)13-2-3-13/h4-11,13H,2-3H2,1H3,(H,21,23)/b7-4+. The molecule has 4 nitrogen and oxygen atoms in total. The molecule has 2 aromatic heterocycles. The number of nitrogens with zero attached hydrogens (tertiary/aromatic N) is 2. The van der Waals surface area contributed by atoms with Gasteiger partial charge >= 0.3 is 0 Å². The van der Waals surface area contributed by atoms with Crippen molar-refractivity contribution in [3.05, 3.63) is 58.9 Å². The van der Waals surface area contributed by atoms with Crippen LogP contribution in [0.4, 0.5) is 5.69 Å². The number of anilines is 1. The fourth-order valence-electron chi connectivity index (χ4n) is 2.53. The van der Waals surface area contributed by atoms with Gasteiger partial charge in [0.15, 0.2) is 0 Å². The summed E-state index contributed by atoms with van der Waals surface area (Å²) in [6.07, 6.45) is 9.32. The van der Waals surface area contributed by atoms with E-state index >= 15 is 0 Å². The Morgan fingerprint density at radius 2 is 2.21 bits per heavy atom. The molecular weight excluding hydrogens is 318 g/mol. The molecule has 1 aromatic carbocycles. The van der Waals surface area contributed by atoms with Gasteiger partial charge in [-0.2, -0.15) is 0 Å². The SMILES string of the molecule is Cc1ccncc1/C=C/C(=O)Nc1ccc2nc(C3CC3)sc2c1. The van der Waals surface area contributed by atoms with Crippen molar-refractivity contribution in [2.45, 2.75) is 25.7 Å². The molecule has 1 fully saturated rings. The average Bonchev–Trinajstić information content (AvgIpc) is 3.34. The second kappa shape index (κ2) is 6.17. The lowest BCUT2D eigenvalue weighted by Crippen LogP contribution is -2.07. The van der Waals surface area contributed by atoms with Gasteiger partial charge in [0, 0.05) is 30.1 Å². The number of nitrogens with one attached hydrogen (secondary N) is 1. The molecule has 1 aliphatic carbocycles. The molecule has 0 radical (unpaired) electrons. The van der Waals surface area contributed by atoms with Crippen LogP contribution in [0.3, 0.4) is 0 Å². The quantitative estimate of drug-likeness (QED) is 0.713. The number of rotatable bonds is 4. The van der Waals surface area contributed by atoms with Crippen LogP contribution in [0.25, 0.3) is 16.3 Å². The Bertz CT molecular complexity index is 941. The topological polar surface area (TPSA) is 54.9 Å². The summed E-state index contributed by atoms with van der Waals surface area (Å²) in [7, 11) is 0. The zero-order valence-electron chi connectivity index (χ0n) is 13.3. The number of hydrogen-bond donors (Lipinski definition) is 1. The molecule has 0 saturated heterocycles. The minimum absolute atomic E-state index is 0.149. The number of benzene rings is 1. The van der Waals surface area contributed by atoms with E-state index in [9.17, 15) is 4.79 Å². The Morgan fingerprint density at radius 1 is 1.33 bits per heavy atom. The maximum Gasteiger partial charge on any atom is 0.248 e. The van der Waals surface area contributed by atoms with E-state index in [0.29, 0.717) is 5.92 Å². The van der Waals surface area contributed by atoms with Crippen LogP contribution >= 0.6 is 11.3 Å². The van der Waals surface area contributed by atoms with Gasteiger partial charge in [0.05, 0.1) is 15.2 Å². The molecule has 1 amide bonds. The molecule has 3 aromatic rings. The lowest BCUT2D eigenvalue weighted by atomic mass is 10.1. The molecule has 1 aliphatic rings. The van der Waals surface area contributed by atoms with E-state index in [1.165, 1.54) is 23.9 Å². The molecule has 2 heterocycles. The van der Waals surface area contributed by atoms with Crippen LogP contribution in [-0.4, -0.2) is 15.9 Å². The highest BCUT2D eigenvalue weighted by atomic mass is 32.1. The van der Waals surface area contributed by atoms with E-state index < -0.39 is 0 Å². The molecule has 1 N–H and O–H groups in total. The molecule has 0 spiro atoms. The molecule has 0 atom stereocenters. The Hall–Kier alpha value is -2.53. The van der Waals surface area contributed by atoms with Crippen LogP contribution in [-0.2, 0) is 4.79 Å². The minimum Gasteiger partial charge on any atom is -0.322 e. The maximum atomic E-state index is 12.1. The van der Waals surface area contributed by atoms with Gasteiger partial charge in [-0.15, -0.1) is 11.3 Å². The molecule has 24 heavy (non-hydrogen) atoms. The Labute approximate surface area is 144 Å². The Kier molecular flexibility index (Phi) is 3.86.